The van der Waals surface area contributed by atoms with Gasteiger partial charge < -0.3 is 0 Å². The standard InChI is InChI=1S/C46H90N2/c1-5-8-11-14-17-20-23-24-26-27-30-33-36-39-44(4)48-43-42-47-46(48)45(40-37-34-31-28-22-19-16-13-10-7-3)41-38-35-32-29-25-21-18-15-12-9-6-2/h42-45H,5-41H2,1-4H3/p+1. The molecule has 0 amide bonds. The van der Waals surface area contributed by atoms with Crippen molar-refractivity contribution in [1.29, 1.82) is 0 Å². The largest absolute Gasteiger partial charge is 0.257 e. The molecule has 0 bridgehead atoms. The fraction of sp³-hybridized carbons (Fsp3) is 0.935. The summed E-state index contributed by atoms with van der Waals surface area (Å²) in [5, 5.41) is 0. The van der Waals surface area contributed by atoms with Gasteiger partial charge in [0.2, 0.25) is 0 Å². The molecule has 48 heavy (non-hydrogen) atoms. The molecule has 0 saturated heterocycles. The highest BCUT2D eigenvalue weighted by Gasteiger charge is 2.25. The van der Waals surface area contributed by atoms with Crippen molar-refractivity contribution in [3.63, 3.8) is 0 Å². The Kier molecular flexibility index (Phi) is 33.9. The van der Waals surface area contributed by atoms with Crippen LogP contribution in [0.1, 0.15) is 283 Å². The number of aromatic amines is 1. The van der Waals surface area contributed by atoms with Crippen molar-refractivity contribution in [2.24, 2.45) is 0 Å². The van der Waals surface area contributed by atoms with E-state index in [2.05, 4.69) is 49.6 Å². The van der Waals surface area contributed by atoms with Crippen molar-refractivity contribution < 1.29 is 4.57 Å². The first-order valence-electron chi connectivity index (χ1n) is 22.8. The summed E-state index contributed by atoms with van der Waals surface area (Å²) in [7, 11) is 0. The third-order valence-electron chi connectivity index (χ3n) is 11.4. The number of aromatic nitrogens is 2. The summed E-state index contributed by atoms with van der Waals surface area (Å²) in [4.78, 5) is 3.77. The fourth-order valence-corrected chi connectivity index (χ4v) is 8.02. The van der Waals surface area contributed by atoms with Crippen LogP contribution in [0.25, 0.3) is 0 Å². The van der Waals surface area contributed by atoms with Gasteiger partial charge in [0.25, 0.3) is 5.82 Å². The fourth-order valence-electron chi connectivity index (χ4n) is 8.02. The number of hydrogen-bond acceptors (Lipinski definition) is 0. The second-order valence-electron chi connectivity index (χ2n) is 16.1. The number of nitrogens with zero attached hydrogens (tertiary/aromatic N) is 1. The number of H-pyrrole nitrogens is 1. The van der Waals surface area contributed by atoms with Gasteiger partial charge in [-0.3, -0.25) is 0 Å². The van der Waals surface area contributed by atoms with Crippen molar-refractivity contribution >= 4 is 0 Å². The molecule has 0 aliphatic carbocycles. The predicted octanol–water partition coefficient (Wildman–Crippen LogP) is 16.4. The van der Waals surface area contributed by atoms with Gasteiger partial charge in [0.05, 0.1) is 12.0 Å². The molecule has 0 aromatic carbocycles. The van der Waals surface area contributed by atoms with Gasteiger partial charge in [-0.1, -0.05) is 233 Å². The van der Waals surface area contributed by atoms with Crippen LogP contribution in [0.4, 0.5) is 0 Å². The summed E-state index contributed by atoms with van der Waals surface area (Å²) >= 11 is 0. The molecule has 1 aromatic rings. The normalized spacial score (nSPS) is 13.0. The van der Waals surface area contributed by atoms with E-state index in [1.54, 1.807) is 5.82 Å². The van der Waals surface area contributed by atoms with Gasteiger partial charge in [-0.05, 0) is 32.6 Å². The summed E-state index contributed by atoms with van der Waals surface area (Å²) in [6.45, 7) is 9.44. The van der Waals surface area contributed by atoms with Crippen LogP contribution in [0, 0.1) is 0 Å². The Morgan fingerprint density at radius 3 is 0.979 bits per heavy atom. The smallest absolute Gasteiger partial charge is 0.247 e. The van der Waals surface area contributed by atoms with E-state index in [9.17, 15) is 0 Å². The quantitative estimate of drug-likeness (QED) is 0.0531. The molecule has 2 unspecified atom stereocenters. The average Bonchev–Trinajstić information content (AvgIpc) is 3.59. The van der Waals surface area contributed by atoms with Crippen molar-refractivity contribution in [1.82, 2.24) is 4.98 Å². The lowest BCUT2D eigenvalue weighted by Gasteiger charge is -2.17. The minimum absolute atomic E-state index is 0.617. The first-order valence-corrected chi connectivity index (χ1v) is 22.8. The number of imidazole rings is 1. The maximum absolute atomic E-state index is 3.77. The lowest BCUT2D eigenvalue weighted by atomic mass is 9.92. The SMILES string of the molecule is CCCCCCCCCCCCCCCC(C)[n+]1cc[nH]c1C(CCCCCCCCCCCC)CCCCCCCCCCCCC. The topological polar surface area (TPSA) is 19.7 Å². The summed E-state index contributed by atoms with van der Waals surface area (Å²) in [6.07, 6.45) is 57.6. The number of hydrogen-bond donors (Lipinski definition) is 1. The van der Waals surface area contributed by atoms with Crippen LogP contribution < -0.4 is 4.57 Å². The number of rotatable bonds is 39. The van der Waals surface area contributed by atoms with Gasteiger partial charge in [-0.25, -0.2) is 9.55 Å². The van der Waals surface area contributed by atoms with Crippen molar-refractivity contribution in [2.45, 2.75) is 277 Å². The Balaban J connectivity index is 2.38. The van der Waals surface area contributed by atoms with E-state index in [4.69, 9.17) is 0 Å². The first-order chi connectivity index (χ1) is 23.7. The molecule has 0 radical (unpaired) electrons. The Bertz CT molecular complexity index is 738. The van der Waals surface area contributed by atoms with E-state index in [0.717, 1.165) is 0 Å². The lowest BCUT2D eigenvalue weighted by Crippen LogP contribution is -2.41. The minimum atomic E-state index is 0.617. The van der Waals surface area contributed by atoms with Gasteiger partial charge in [0, 0.05) is 0 Å². The second kappa shape index (κ2) is 36.0. The van der Waals surface area contributed by atoms with E-state index < -0.39 is 0 Å². The van der Waals surface area contributed by atoms with Crippen LogP contribution in [0.15, 0.2) is 12.4 Å². The van der Waals surface area contributed by atoms with Crippen LogP contribution in [0.3, 0.4) is 0 Å². The molecule has 0 fully saturated rings. The Morgan fingerprint density at radius 1 is 0.396 bits per heavy atom. The molecular formula is C46H91N2+. The molecule has 0 aliphatic rings. The molecule has 284 valence electrons. The summed E-state index contributed by atoms with van der Waals surface area (Å²) < 4.78 is 2.65. The van der Waals surface area contributed by atoms with Gasteiger partial charge in [-0.2, -0.15) is 0 Å². The summed E-state index contributed by atoms with van der Waals surface area (Å²) in [5.41, 5.74) is 0. The summed E-state index contributed by atoms with van der Waals surface area (Å²) in [5.74, 6) is 2.25. The van der Waals surface area contributed by atoms with E-state index in [1.165, 1.54) is 238 Å². The zero-order valence-electron chi connectivity index (χ0n) is 33.9. The second-order valence-corrected chi connectivity index (χ2v) is 16.1. The van der Waals surface area contributed by atoms with Crippen LogP contribution >= 0.6 is 0 Å². The molecule has 0 spiro atoms. The Hall–Kier alpha value is -0.790. The Labute approximate surface area is 304 Å². The average molecular weight is 672 g/mol. The third-order valence-corrected chi connectivity index (χ3v) is 11.4. The highest BCUT2D eigenvalue weighted by molar-refractivity contribution is 4.90. The predicted molar refractivity (Wildman–Crippen MR) is 216 cm³/mol. The molecule has 1 N–H and O–H groups in total. The molecule has 0 aliphatic heterocycles. The summed E-state index contributed by atoms with van der Waals surface area (Å²) in [6, 6.07) is 0.617. The molecule has 1 aromatic heterocycles. The van der Waals surface area contributed by atoms with E-state index in [-0.39, 0.29) is 0 Å². The van der Waals surface area contributed by atoms with Crippen LogP contribution in [-0.4, -0.2) is 4.98 Å². The maximum Gasteiger partial charge on any atom is 0.257 e. The molecule has 2 atom stereocenters. The molecule has 0 saturated carbocycles. The van der Waals surface area contributed by atoms with Crippen LogP contribution in [-0.2, 0) is 0 Å². The number of nitrogens with one attached hydrogen (secondary N) is 1. The van der Waals surface area contributed by atoms with Crippen LogP contribution in [0.5, 0.6) is 0 Å². The number of unbranched alkanes of at least 4 members (excludes halogenated alkanes) is 31. The minimum Gasteiger partial charge on any atom is -0.247 e. The van der Waals surface area contributed by atoms with E-state index >= 15 is 0 Å². The zero-order valence-corrected chi connectivity index (χ0v) is 33.9. The van der Waals surface area contributed by atoms with Gasteiger partial charge in [0.1, 0.15) is 12.4 Å². The monoisotopic (exact) mass is 672 g/mol. The van der Waals surface area contributed by atoms with Crippen molar-refractivity contribution in [3.8, 4) is 0 Å². The molecule has 1 heterocycles. The van der Waals surface area contributed by atoms with Gasteiger partial charge in [0.15, 0.2) is 0 Å². The third kappa shape index (κ3) is 27.0. The highest BCUT2D eigenvalue weighted by atomic mass is 15.1. The zero-order chi connectivity index (χ0) is 34.6. The van der Waals surface area contributed by atoms with Crippen molar-refractivity contribution in [2.75, 3.05) is 0 Å². The van der Waals surface area contributed by atoms with Crippen molar-refractivity contribution in [3.05, 3.63) is 18.2 Å². The highest BCUT2D eigenvalue weighted by Crippen LogP contribution is 2.27. The van der Waals surface area contributed by atoms with Gasteiger partial charge >= 0.3 is 0 Å². The first kappa shape index (κ1) is 45.2. The molecular weight excluding hydrogens is 581 g/mol. The molecule has 1 rings (SSSR count). The molecule has 2 nitrogen and oxygen atoms in total. The molecule has 2 heteroatoms. The lowest BCUT2D eigenvalue weighted by molar-refractivity contribution is -0.727. The Morgan fingerprint density at radius 2 is 0.667 bits per heavy atom. The van der Waals surface area contributed by atoms with Gasteiger partial charge in [-0.15, -0.1) is 0 Å². The van der Waals surface area contributed by atoms with Crippen LogP contribution in [0.2, 0.25) is 0 Å². The van der Waals surface area contributed by atoms with E-state index in [1.807, 2.05) is 0 Å². The van der Waals surface area contributed by atoms with E-state index in [0.29, 0.717) is 12.0 Å². The maximum atomic E-state index is 3.77.